The summed E-state index contributed by atoms with van der Waals surface area (Å²) < 4.78 is 5.15. The molecule has 3 heterocycles. The van der Waals surface area contributed by atoms with Crippen molar-refractivity contribution in [2.24, 2.45) is 0 Å². The molecule has 0 spiro atoms. The molecule has 0 aliphatic carbocycles. The molecular weight excluding hydrogens is 308 g/mol. The third-order valence-electron chi connectivity index (χ3n) is 4.75. The Hall–Kier alpha value is -1.51. The highest BCUT2D eigenvalue weighted by molar-refractivity contribution is 5.76. The van der Waals surface area contributed by atoms with Crippen molar-refractivity contribution in [3.8, 4) is 0 Å². The number of rotatable bonds is 6. The zero-order chi connectivity index (χ0) is 16.8. The van der Waals surface area contributed by atoms with Gasteiger partial charge in [-0.1, -0.05) is 12.1 Å². The molecule has 0 radical (unpaired) electrons. The van der Waals surface area contributed by atoms with Crippen molar-refractivity contribution in [2.45, 2.75) is 26.3 Å². The fraction of sp³-hybridized carbons (Fsp3) is 0.812. The van der Waals surface area contributed by atoms with Crippen molar-refractivity contribution in [3.63, 3.8) is 0 Å². The van der Waals surface area contributed by atoms with Crippen molar-refractivity contribution in [1.82, 2.24) is 30.2 Å². The first-order chi connectivity index (χ1) is 11.7. The van der Waals surface area contributed by atoms with Crippen LogP contribution in [0.4, 0.5) is 0 Å². The highest BCUT2D eigenvalue weighted by Gasteiger charge is 2.21. The molecule has 2 saturated heterocycles. The summed E-state index contributed by atoms with van der Waals surface area (Å²) in [6, 6.07) is 0. The molecule has 2 fully saturated rings. The molecule has 1 aromatic rings. The zero-order valence-corrected chi connectivity index (χ0v) is 14.5. The second-order valence-electron chi connectivity index (χ2n) is 6.46. The number of aromatic nitrogens is 2. The second-order valence-corrected chi connectivity index (χ2v) is 6.46. The van der Waals surface area contributed by atoms with Gasteiger partial charge in [-0.3, -0.25) is 9.69 Å². The van der Waals surface area contributed by atoms with Gasteiger partial charge in [0.25, 0.3) is 0 Å². The SMILES string of the molecule is CCc1nc(CN2CCN(CCC(=O)N3CCNCC3)CC2)no1. The van der Waals surface area contributed by atoms with E-state index < -0.39 is 0 Å². The number of amides is 1. The number of nitrogens with zero attached hydrogens (tertiary/aromatic N) is 5. The third-order valence-corrected chi connectivity index (χ3v) is 4.75. The second kappa shape index (κ2) is 8.55. The summed E-state index contributed by atoms with van der Waals surface area (Å²) in [6.45, 7) is 11.1. The van der Waals surface area contributed by atoms with E-state index >= 15 is 0 Å². The average molecular weight is 336 g/mol. The van der Waals surface area contributed by atoms with Gasteiger partial charge in [0.15, 0.2) is 5.82 Å². The van der Waals surface area contributed by atoms with Crippen molar-refractivity contribution < 1.29 is 9.32 Å². The Morgan fingerprint density at radius 1 is 1.12 bits per heavy atom. The number of carbonyl (C=O) groups excluding carboxylic acids is 1. The minimum Gasteiger partial charge on any atom is -0.340 e. The Labute approximate surface area is 143 Å². The number of aryl methyl sites for hydroxylation is 1. The standard InChI is InChI=1S/C16H28N6O2/c1-2-15-18-14(19-24-15)13-21-11-9-20(10-12-21)6-3-16(23)22-7-4-17-5-8-22/h17H,2-13H2,1H3. The van der Waals surface area contributed by atoms with Gasteiger partial charge >= 0.3 is 0 Å². The molecule has 2 aliphatic heterocycles. The minimum atomic E-state index is 0.290. The van der Waals surface area contributed by atoms with E-state index in [0.29, 0.717) is 12.3 Å². The van der Waals surface area contributed by atoms with Crippen LogP contribution < -0.4 is 5.32 Å². The third kappa shape index (κ3) is 4.75. The fourth-order valence-electron chi connectivity index (χ4n) is 3.20. The smallest absolute Gasteiger partial charge is 0.226 e. The van der Waals surface area contributed by atoms with Crippen LogP contribution in [0.3, 0.4) is 0 Å². The molecule has 3 rings (SSSR count). The lowest BCUT2D eigenvalue weighted by Crippen LogP contribution is -2.49. The van der Waals surface area contributed by atoms with Gasteiger partial charge in [0.05, 0.1) is 6.54 Å². The molecule has 1 amide bonds. The highest BCUT2D eigenvalue weighted by Crippen LogP contribution is 2.08. The summed E-state index contributed by atoms with van der Waals surface area (Å²) in [5, 5.41) is 7.29. The maximum absolute atomic E-state index is 12.2. The summed E-state index contributed by atoms with van der Waals surface area (Å²) in [7, 11) is 0. The van der Waals surface area contributed by atoms with Crippen LogP contribution in [0.25, 0.3) is 0 Å². The summed E-state index contributed by atoms with van der Waals surface area (Å²) in [6.07, 6.45) is 1.41. The largest absolute Gasteiger partial charge is 0.340 e. The van der Waals surface area contributed by atoms with Crippen LogP contribution in [0.5, 0.6) is 0 Å². The number of piperazine rings is 2. The molecule has 1 N–H and O–H groups in total. The van der Waals surface area contributed by atoms with Gasteiger partial charge in [-0.05, 0) is 0 Å². The molecule has 0 aromatic carbocycles. The van der Waals surface area contributed by atoms with E-state index in [4.69, 9.17) is 4.52 Å². The lowest BCUT2D eigenvalue weighted by Gasteiger charge is -2.34. The normalized spacial score (nSPS) is 20.5. The molecule has 0 saturated carbocycles. The van der Waals surface area contributed by atoms with Gasteiger partial charge in [-0.25, -0.2) is 0 Å². The van der Waals surface area contributed by atoms with E-state index in [9.17, 15) is 4.79 Å². The van der Waals surface area contributed by atoms with Gasteiger partial charge in [0, 0.05) is 71.7 Å². The maximum atomic E-state index is 12.2. The summed E-state index contributed by atoms with van der Waals surface area (Å²) in [4.78, 5) is 23.3. The van der Waals surface area contributed by atoms with Crippen LogP contribution in [0, 0.1) is 0 Å². The molecule has 0 atom stereocenters. The molecule has 8 nitrogen and oxygen atoms in total. The van der Waals surface area contributed by atoms with Gasteiger partial charge in [-0.15, -0.1) is 0 Å². The molecule has 134 valence electrons. The first-order valence-corrected chi connectivity index (χ1v) is 8.99. The zero-order valence-electron chi connectivity index (χ0n) is 14.5. The van der Waals surface area contributed by atoms with Gasteiger partial charge < -0.3 is 19.6 Å². The Morgan fingerprint density at radius 2 is 1.83 bits per heavy atom. The number of hydrogen-bond donors (Lipinski definition) is 1. The van der Waals surface area contributed by atoms with Crippen LogP contribution in [-0.4, -0.2) is 89.7 Å². The Balaban J connectivity index is 1.35. The van der Waals surface area contributed by atoms with Crippen LogP contribution in [0.1, 0.15) is 25.1 Å². The van der Waals surface area contributed by atoms with E-state index in [2.05, 4.69) is 25.3 Å². The molecule has 0 bridgehead atoms. The molecule has 2 aliphatic rings. The Kier molecular flexibility index (Phi) is 6.17. The van der Waals surface area contributed by atoms with Gasteiger partial charge in [0.2, 0.25) is 11.8 Å². The molecule has 0 unspecified atom stereocenters. The number of hydrogen-bond acceptors (Lipinski definition) is 7. The topological polar surface area (TPSA) is 77.7 Å². The Morgan fingerprint density at radius 3 is 2.50 bits per heavy atom. The Bertz CT molecular complexity index is 520. The predicted molar refractivity (Wildman–Crippen MR) is 89.5 cm³/mol. The van der Waals surface area contributed by atoms with E-state index in [-0.39, 0.29) is 5.91 Å². The summed E-state index contributed by atoms with van der Waals surface area (Å²) >= 11 is 0. The van der Waals surface area contributed by atoms with E-state index in [0.717, 1.165) is 77.7 Å². The summed E-state index contributed by atoms with van der Waals surface area (Å²) in [5.74, 6) is 1.77. The monoisotopic (exact) mass is 336 g/mol. The van der Waals surface area contributed by atoms with Crippen molar-refractivity contribution >= 4 is 5.91 Å². The minimum absolute atomic E-state index is 0.290. The van der Waals surface area contributed by atoms with Crippen LogP contribution >= 0.6 is 0 Å². The van der Waals surface area contributed by atoms with Crippen molar-refractivity contribution in [3.05, 3.63) is 11.7 Å². The molecule has 8 heteroatoms. The maximum Gasteiger partial charge on any atom is 0.226 e. The molecule has 24 heavy (non-hydrogen) atoms. The first kappa shape index (κ1) is 17.3. The van der Waals surface area contributed by atoms with Crippen LogP contribution in [0.15, 0.2) is 4.52 Å². The average Bonchev–Trinajstić information content (AvgIpc) is 3.09. The predicted octanol–water partition coefficient (Wildman–Crippen LogP) is -0.428. The van der Waals surface area contributed by atoms with E-state index in [1.165, 1.54) is 0 Å². The van der Waals surface area contributed by atoms with E-state index in [1.807, 2.05) is 11.8 Å². The quantitative estimate of drug-likeness (QED) is 0.755. The highest BCUT2D eigenvalue weighted by atomic mass is 16.5. The van der Waals surface area contributed by atoms with Crippen LogP contribution in [0.2, 0.25) is 0 Å². The van der Waals surface area contributed by atoms with E-state index in [1.54, 1.807) is 0 Å². The van der Waals surface area contributed by atoms with Crippen molar-refractivity contribution in [2.75, 3.05) is 58.9 Å². The lowest BCUT2D eigenvalue weighted by molar-refractivity contribution is -0.132. The molecule has 1 aromatic heterocycles. The number of carbonyl (C=O) groups is 1. The molecular formula is C16H28N6O2. The number of nitrogens with one attached hydrogen (secondary N) is 1. The summed E-state index contributed by atoms with van der Waals surface area (Å²) in [5.41, 5.74) is 0. The lowest BCUT2D eigenvalue weighted by atomic mass is 10.2. The fourth-order valence-corrected chi connectivity index (χ4v) is 3.20. The van der Waals surface area contributed by atoms with Crippen LogP contribution in [-0.2, 0) is 17.8 Å². The van der Waals surface area contributed by atoms with Crippen molar-refractivity contribution in [1.29, 1.82) is 0 Å². The first-order valence-electron chi connectivity index (χ1n) is 8.99. The van der Waals surface area contributed by atoms with Gasteiger partial charge in [-0.2, -0.15) is 4.98 Å². The van der Waals surface area contributed by atoms with Gasteiger partial charge in [0.1, 0.15) is 0 Å².